The standard InChI is InChI=1S/C19H24N6O2/c1-23-9-8-17(19(23)27)24-10-6-15(7-11-24)22-18(26)14-2-4-16(5-3-14)25-12-20-21-13-25/h2-5,12-13,15,17H,6-11H2,1H3,(H,22,26). The zero-order valence-electron chi connectivity index (χ0n) is 15.4. The molecule has 1 unspecified atom stereocenters. The molecule has 2 aliphatic rings. The lowest BCUT2D eigenvalue weighted by atomic mass is 10.0. The highest BCUT2D eigenvalue weighted by molar-refractivity contribution is 5.94. The first kappa shape index (κ1) is 17.7. The summed E-state index contributed by atoms with van der Waals surface area (Å²) in [7, 11) is 1.86. The molecule has 2 aromatic rings. The molecule has 1 atom stereocenters. The summed E-state index contributed by atoms with van der Waals surface area (Å²) < 4.78 is 1.79. The number of piperidine rings is 1. The zero-order chi connectivity index (χ0) is 18.8. The van der Waals surface area contributed by atoms with Gasteiger partial charge in [-0.15, -0.1) is 10.2 Å². The van der Waals surface area contributed by atoms with Crippen molar-refractivity contribution in [1.29, 1.82) is 0 Å². The maximum atomic E-state index is 12.5. The zero-order valence-corrected chi connectivity index (χ0v) is 15.4. The normalized spacial score (nSPS) is 21.6. The van der Waals surface area contributed by atoms with Crippen LogP contribution in [0.25, 0.3) is 5.69 Å². The molecule has 1 aromatic carbocycles. The van der Waals surface area contributed by atoms with Crippen molar-refractivity contribution in [2.24, 2.45) is 0 Å². The highest BCUT2D eigenvalue weighted by atomic mass is 16.2. The number of hydrogen-bond donors (Lipinski definition) is 1. The minimum absolute atomic E-state index is 0.0249. The van der Waals surface area contributed by atoms with Gasteiger partial charge in [0.1, 0.15) is 12.7 Å². The largest absolute Gasteiger partial charge is 0.349 e. The molecule has 0 saturated carbocycles. The van der Waals surface area contributed by atoms with Crippen LogP contribution in [-0.2, 0) is 4.79 Å². The van der Waals surface area contributed by atoms with Crippen molar-refractivity contribution in [3.05, 3.63) is 42.5 Å². The minimum Gasteiger partial charge on any atom is -0.349 e. The van der Waals surface area contributed by atoms with Gasteiger partial charge in [0.25, 0.3) is 5.91 Å². The Bertz CT molecular complexity index is 796. The van der Waals surface area contributed by atoms with Crippen LogP contribution in [0.4, 0.5) is 0 Å². The first-order valence-electron chi connectivity index (χ1n) is 9.37. The van der Waals surface area contributed by atoms with Crippen LogP contribution in [0.1, 0.15) is 29.6 Å². The molecule has 0 aliphatic carbocycles. The number of likely N-dealkylation sites (tertiary alicyclic amines) is 2. The average molecular weight is 368 g/mol. The van der Waals surface area contributed by atoms with E-state index in [-0.39, 0.29) is 23.9 Å². The van der Waals surface area contributed by atoms with E-state index in [1.807, 2.05) is 36.2 Å². The van der Waals surface area contributed by atoms with E-state index in [0.29, 0.717) is 5.56 Å². The smallest absolute Gasteiger partial charge is 0.251 e. The molecule has 1 aromatic heterocycles. The minimum atomic E-state index is -0.0552. The number of nitrogens with zero attached hydrogens (tertiary/aromatic N) is 5. The van der Waals surface area contributed by atoms with Crippen molar-refractivity contribution >= 4 is 11.8 Å². The SMILES string of the molecule is CN1CCC(N2CCC(NC(=O)c3ccc(-n4cnnc4)cc3)CC2)C1=O. The lowest BCUT2D eigenvalue weighted by molar-refractivity contribution is -0.131. The van der Waals surface area contributed by atoms with E-state index in [1.54, 1.807) is 17.2 Å². The van der Waals surface area contributed by atoms with Gasteiger partial charge in [0.15, 0.2) is 0 Å². The highest BCUT2D eigenvalue weighted by Gasteiger charge is 2.35. The molecule has 142 valence electrons. The summed E-state index contributed by atoms with van der Waals surface area (Å²) in [4.78, 5) is 28.8. The van der Waals surface area contributed by atoms with Gasteiger partial charge < -0.3 is 10.2 Å². The van der Waals surface area contributed by atoms with Gasteiger partial charge in [-0.25, -0.2) is 0 Å². The summed E-state index contributed by atoms with van der Waals surface area (Å²) in [5.41, 5.74) is 1.55. The Labute approximate surface area is 158 Å². The molecule has 1 N–H and O–H groups in total. The molecule has 0 spiro atoms. The number of nitrogens with one attached hydrogen (secondary N) is 1. The van der Waals surface area contributed by atoms with E-state index in [2.05, 4.69) is 20.4 Å². The quantitative estimate of drug-likeness (QED) is 0.859. The lowest BCUT2D eigenvalue weighted by Crippen LogP contribution is -2.50. The van der Waals surface area contributed by atoms with Crippen molar-refractivity contribution in [3.63, 3.8) is 0 Å². The van der Waals surface area contributed by atoms with Crippen LogP contribution in [0.5, 0.6) is 0 Å². The van der Waals surface area contributed by atoms with Gasteiger partial charge in [-0.1, -0.05) is 0 Å². The third-order valence-corrected chi connectivity index (χ3v) is 5.55. The van der Waals surface area contributed by atoms with E-state index in [0.717, 1.165) is 44.6 Å². The van der Waals surface area contributed by atoms with E-state index in [1.165, 1.54) is 0 Å². The number of benzene rings is 1. The Morgan fingerprint density at radius 1 is 1.04 bits per heavy atom. The topological polar surface area (TPSA) is 83.4 Å². The predicted octanol–water partition coefficient (Wildman–Crippen LogP) is 0.692. The molecular weight excluding hydrogens is 344 g/mol. The second-order valence-corrected chi connectivity index (χ2v) is 7.26. The predicted molar refractivity (Wildman–Crippen MR) is 99.5 cm³/mol. The molecule has 0 radical (unpaired) electrons. The van der Waals surface area contributed by atoms with Crippen LogP contribution in [0.3, 0.4) is 0 Å². The number of rotatable bonds is 4. The molecule has 0 bridgehead atoms. The highest BCUT2D eigenvalue weighted by Crippen LogP contribution is 2.21. The first-order chi connectivity index (χ1) is 13.1. The summed E-state index contributed by atoms with van der Waals surface area (Å²) in [6, 6.07) is 7.56. The van der Waals surface area contributed by atoms with Crippen LogP contribution in [0.15, 0.2) is 36.9 Å². The van der Waals surface area contributed by atoms with Crippen molar-refractivity contribution in [3.8, 4) is 5.69 Å². The number of aromatic nitrogens is 3. The van der Waals surface area contributed by atoms with Gasteiger partial charge in [0.2, 0.25) is 5.91 Å². The molecule has 2 fully saturated rings. The van der Waals surface area contributed by atoms with Gasteiger partial charge in [-0.05, 0) is 43.5 Å². The summed E-state index contributed by atoms with van der Waals surface area (Å²) in [6.07, 6.45) is 5.90. The van der Waals surface area contributed by atoms with Gasteiger partial charge in [-0.3, -0.25) is 19.1 Å². The van der Waals surface area contributed by atoms with Gasteiger partial charge in [-0.2, -0.15) is 0 Å². The van der Waals surface area contributed by atoms with Crippen molar-refractivity contribution in [2.75, 3.05) is 26.7 Å². The third kappa shape index (κ3) is 3.71. The maximum absolute atomic E-state index is 12.5. The van der Waals surface area contributed by atoms with Crippen LogP contribution < -0.4 is 5.32 Å². The summed E-state index contributed by atoms with van der Waals surface area (Å²) >= 11 is 0. The fraction of sp³-hybridized carbons (Fsp3) is 0.474. The fourth-order valence-electron chi connectivity index (χ4n) is 3.89. The second-order valence-electron chi connectivity index (χ2n) is 7.26. The van der Waals surface area contributed by atoms with E-state index < -0.39 is 0 Å². The summed E-state index contributed by atoms with van der Waals surface area (Å²) in [5.74, 6) is 0.172. The monoisotopic (exact) mass is 368 g/mol. The molecular formula is C19H24N6O2. The Balaban J connectivity index is 1.30. The van der Waals surface area contributed by atoms with E-state index in [9.17, 15) is 9.59 Å². The third-order valence-electron chi connectivity index (χ3n) is 5.55. The van der Waals surface area contributed by atoms with E-state index >= 15 is 0 Å². The number of amides is 2. The first-order valence-corrected chi connectivity index (χ1v) is 9.37. The van der Waals surface area contributed by atoms with Crippen molar-refractivity contribution in [1.82, 2.24) is 29.9 Å². The molecule has 3 heterocycles. The molecule has 27 heavy (non-hydrogen) atoms. The van der Waals surface area contributed by atoms with Gasteiger partial charge in [0, 0.05) is 44.0 Å². The number of hydrogen-bond acceptors (Lipinski definition) is 5. The lowest BCUT2D eigenvalue weighted by Gasteiger charge is -2.35. The number of carbonyl (C=O) groups excluding carboxylic acids is 2. The van der Waals surface area contributed by atoms with Crippen LogP contribution in [0, 0.1) is 0 Å². The number of likely N-dealkylation sites (N-methyl/N-ethyl adjacent to an activating group) is 1. The Kier molecular flexibility index (Phi) is 4.89. The molecule has 8 heteroatoms. The fourth-order valence-corrected chi connectivity index (χ4v) is 3.89. The number of carbonyl (C=O) groups is 2. The molecule has 4 rings (SSSR count). The second kappa shape index (κ2) is 7.48. The summed E-state index contributed by atoms with van der Waals surface area (Å²) in [6.45, 7) is 2.54. The van der Waals surface area contributed by atoms with E-state index in [4.69, 9.17) is 0 Å². The average Bonchev–Trinajstić information content (AvgIpc) is 3.34. The van der Waals surface area contributed by atoms with Crippen LogP contribution in [0.2, 0.25) is 0 Å². The van der Waals surface area contributed by atoms with Crippen LogP contribution in [-0.4, -0.2) is 75.1 Å². The molecule has 2 saturated heterocycles. The molecule has 2 amide bonds. The van der Waals surface area contributed by atoms with Crippen molar-refractivity contribution < 1.29 is 9.59 Å². The molecule has 2 aliphatic heterocycles. The van der Waals surface area contributed by atoms with Crippen molar-refractivity contribution in [2.45, 2.75) is 31.3 Å². The Hall–Kier alpha value is -2.74. The maximum Gasteiger partial charge on any atom is 0.251 e. The Morgan fingerprint density at radius 2 is 1.70 bits per heavy atom. The van der Waals surface area contributed by atoms with Gasteiger partial charge in [0.05, 0.1) is 6.04 Å². The van der Waals surface area contributed by atoms with Crippen LogP contribution >= 0.6 is 0 Å². The molecule has 8 nitrogen and oxygen atoms in total. The van der Waals surface area contributed by atoms with Gasteiger partial charge >= 0.3 is 0 Å². The summed E-state index contributed by atoms with van der Waals surface area (Å²) in [5, 5.41) is 10.7. The Morgan fingerprint density at radius 3 is 2.30 bits per heavy atom.